The third kappa shape index (κ3) is 2.61. The Morgan fingerprint density at radius 1 is 1.41 bits per heavy atom. The number of nitrogens with one attached hydrogen (secondary N) is 1. The number of hydrogen-bond acceptors (Lipinski definition) is 5. The summed E-state index contributed by atoms with van der Waals surface area (Å²) in [7, 11) is 0. The summed E-state index contributed by atoms with van der Waals surface area (Å²) >= 11 is 0. The van der Waals surface area contributed by atoms with Crippen molar-refractivity contribution in [1.82, 2.24) is 4.98 Å². The minimum Gasteiger partial charge on any atom is -0.478 e. The first-order valence-corrected chi connectivity index (χ1v) is 4.94. The van der Waals surface area contributed by atoms with Gasteiger partial charge in [0.05, 0.1) is 11.3 Å². The molecular formula is C11H11N3O3. The van der Waals surface area contributed by atoms with Crippen molar-refractivity contribution in [2.75, 3.05) is 5.32 Å². The molecule has 88 valence electrons. The molecule has 6 heteroatoms. The van der Waals surface area contributed by atoms with E-state index >= 15 is 0 Å². The second-order valence-corrected chi connectivity index (χ2v) is 3.36. The van der Waals surface area contributed by atoms with E-state index in [4.69, 9.17) is 15.3 Å². The molecule has 0 aliphatic carbocycles. The molecule has 1 heterocycles. The molecule has 0 aliphatic heterocycles. The van der Waals surface area contributed by atoms with E-state index in [1.165, 1.54) is 18.4 Å². The molecule has 0 bridgehead atoms. The lowest BCUT2D eigenvalue weighted by Crippen LogP contribution is -1.98. The molecule has 4 N–H and O–H groups in total. The van der Waals surface area contributed by atoms with Gasteiger partial charge in [0.2, 0.25) is 0 Å². The van der Waals surface area contributed by atoms with E-state index in [-0.39, 0.29) is 5.56 Å². The number of oxazole rings is 1. The highest BCUT2D eigenvalue weighted by Crippen LogP contribution is 2.16. The second kappa shape index (κ2) is 4.67. The number of aromatic carboxylic acids is 1. The molecule has 1 aromatic carbocycles. The van der Waals surface area contributed by atoms with Crippen LogP contribution in [0.15, 0.2) is 34.9 Å². The fraction of sp³-hybridized carbons (Fsp3) is 0.0909. The molecule has 6 nitrogen and oxygen atoms in total. The standard InChI is InChI=1S/C11H11N3O3/c12-5-9-6-17-11(14-9)13-8-3-1-7(2-4-8)10(15)16/h1-4,6H,5,12H2,(H,13,14)(H,15,16). The summed E-state index contributed by atoms with van der Waals surface area (Å²) < 4.78 is 5.12. The molecule has 0 radical (unpaired) electrons. The van der Waals surface area contributed by atoms with Crippen molar-refractivity contribution in [1.29, 1.82) is 0 Å². The van der Waals surface area contributed by atoms with E-state index in [1.54, 1.807) is 12.1 Å². The van der Waals surface area contributed by atoms with Crippen molar-refractivity contribution in [2.24, 2.45) is 5.73 Å². The number of nitrogens with two attached hydrogens (primary N) is 1. The van der Waals surface area contributed by atoms with Gasteiger partial charge in [-0.1, -0.05) is 0 Å². The van der Waals surface area contributed by atoms with Gasteiger partial charge in [0, 0.05) is 12.2 Å². The Balaban J connectivity index is 2.10. The summed E-state index contributed by atoms with van der Waals surface area (Å²) in [5, 5.41) is 11.6. The first kappa shape index (κ1) is 11.2. The largest absolute Gasteiger partial charge is 0.478 e. The topological polar surface area (TPSA) is 101 Å². The Morgan fingerprint density at radius 3 is 2.65 bits per heavy atom. The smallest absolute Gasteiger partial charge is 0.335 e. The Labute approximate surface area is 97.1 Å². The molecule has 0 amide bonds. The summed E-state index contributed by atoms with van der Waals surface area (Å²) in [6, 6.07) is 6.59. The van der Waals surface area contributed by atoms with Crippen molar-refractivity contribution >= 4 is 17.7 Å². The zero-order valence-electron chi connectivity index (χ0n) is 8.88. The molecule has 2 aromatic rings. The first-order chi connectivity index (χ1) is 8.19. The SMILES string of the molecule is NCc1coc(Nc2ccc(C(=O)O)cc2)n1. The van der Waals surface area contributed by atoms with Crippen LogP contribution in [-0.2, 0) is 6.54 Å². The van der Waals surface area contributed by atoms with Crippen LogP contribution in [0, 0.1) is 0 Å². The van der Waals surface area contributed by atoms with Crippen molar-refractivity contribution in [3.05, 3.63) is 41.8 Å². The number of rotatable bonds is 4. The number of carboxylic acid groups (broad SMARTS) is 1. The van der Waals surface area contributed by atoms with Crippen molar-refractivity contribution < 1.29 is 14.3 Å². The van der Waals surface area contributed by atoms with Gasteiger partial charge < -0.3 is 20.6 Å². The average Bonchev–Trinajstić information content (AvgIpc) is 2.77. The second-order valence-electron chi connectivity index (χ2n) is 3.36. The molecule has 0 fully saturated rings. The van der Waals surface area contributed by atoms with E-state index < -0.39 is 5.97 Å². The highest BCUT2D eigenvalue weighted by molar-refractivity contribution is 5.88. The Hall–Kier alpha value is -2.34. The van der Waals surface area contributed by atoms with Gasteiger partial charge in [-0.25, -0.2) is 4.79 Å². The molecule has 2 rings (SSSR count). The van der Waals surface area contributed by atoms with Gasteiger partial charge in [-0.3, -0.25) is 0 Å². The molecule has 1 aromatic heterocycles. The van der Waals surface area contributed by atoms with Crippen LogP contribution in [0.2, 0.25) is 0 Å². The number of hydrogen-bond donors (Lipinski definition) is 3. The number of carbonyl (C=O) groups is 1. The Morgan fingerprint density at radius 2 is 2.12 bits per heavy atom. The van der Waals surface area contributed by atoms with Gasteiger partial charge in [-0.2, -0.15) is 4.98 Å². The van der Waals surface area contributed by atoms with E-state index in [0.29, 0.717) is 23.9 Å². The lowest BCUT2D eigenvalue weighted by atomic mass is 10.2. The van der Waals surface area contributed by atoms with Gasteiger partial charge in [-0.15, -0.1) is 0 Å². The van der Waals surface area contributed by atoms with Gasteiger partial charge in [0.25, 0.3) is 6.01 Å². The van der Waals surface area contributed by atoms with Crippen LogP contribution >= 0.6 is 0 Å². The molecule has 0 saturated heterocycles. The quantitative estimate of drug-likeness (QED) is 0.741. The normalized spacial score (nSPS) is 10.2. The van der Waals surface area contributed by atoms with Crippen LogP contribution in [-0.4, -0.2) is 16.1 Å². The van der Waals surface area contributed by atoms with E-state index in [0.717, 1.165) is 0 Å². The molecule has 0 spiro atoms. The first-order valence-electron chi connectivity index (χ1n) is 4.94. The molecule has 0 unspecified atom stereocenters. The molecule has 0 saturated carbocycles. The molecule has 0 atom stereocenters. The minimum absolute atomic E-state index is 0.227. The Kier molecular flexibility index (Phi) is 3.06. The lowest BCUT2D eigenvalue weighted by Gasteiger charge is -2.01. The van der Waals surface area contributed by atoms with Gasteiger partial charge in [0.1, 0.15) is 6.26 Å². The van der Waals surface area contributed by atoms with Crippen LogP contribution in [0.4, 0.5) is 11.7 Å². The lowest BCUT2D eigenvalue weighted by molar-refractivity contribution is 0.0697. The van der Waals surface area contributed by atoms with E-state index in [2.05, 4.69) is 10.3 Å². The maximum atomic E-state index is 10.6. The zero-order valence-corrected chi connectivity index (χ0v) is 8.88. The summed E-state index contributed by atoms with van der Waals surface area (Å²) in [4.78, 5) is 14.7. The zero-order chi connectivity index (χ0) is 12.3. The number of benzene rings is 1. The summed E-state index contributed by atoms with van der Waals surface area (Å²) in [5.74, 6) is -0.960. The maximum absolute atomic E-state index is 10.6. The van der Waals surface area contributed by atoms with Gasteiger partial charge in [0.15, 0.2) is 0 Å². The van der Waals surface area contributed by atoms with Crippen molar-refractivity contribution in [2.45, 2.75) is 6.54 Å². The average molecular weight is 233 g/mol. The van der Waals surface area contributed by atoms with E-state index in [1.807, 2.05) is 0 Å². The third-order valence-corrected chi connectivity index (χ3v) is 2.14. The number of aromatic nitrogens is 1. The number of nitrogens with zero attached hydrogens (tertiary/aromatic N) is 1. The van der Waals surface area contributed by atoms with Crippen LogP contribution in [0.1, 0.15) is 16.1 Å². The fourth-order valence-electron chi connectivity index (χ4n) is 1.28. The van der Waals surface area contributed by atoms with Crippen molar-refractivity contribution in [3.8, 4) is 0 Å². The predicted molar refractivity (Wildman–Crippen MR) is 61.1 cm³/mol. The van der Waals surface area contributed by atoms with E-state index in [9.17, 15) is 4.79 Å². The van der Waals surface area contributed by atoms with Crippen molar-refractivity contribution in [3.63, 3.8) is 0 Å². The highest BCUT2D eigenvalue weighted by atomic mass is 16.4. The predicted octanol–water partition coefficient (Wildman–Crippen LogP) is 1.58. The molecular weight excluding hydrogens is 222 g/mol. The summed E-state index contributed by atoms with van der Waals surface area (Å²) in [5.41, 5.74) is 6.96. The summed E-state index contributed by atoms with van der Waals surface area (Å²) in [6.45, 7) is 0.309. The number of anilines is 2. The van der Waals surface area contributed by atoms with Crippen LogP contribution in [0.3, 0.4) is 0 Å². The maximum Gasteiger partial charge on any atom is 0.335 e. The van der Waals surface area contributed by atoms with Gasteiger partial charge in [-0.05, 0) is 24.3 Å². The van der Waals surface area contributed by atoms with Gasteiger partial charge >= 0.3 is 5.97 Å². The Bertz CT molecular complexity index is 519. The monoisotopic (exact) mass is 233 g/mol. The molecule has 17 heavy (non-hydrogen) atoms. The molecule has 0 aliphatic rings. The fourth-order valence-corrected chi connectivity index (χ4v) is 1.28. The van der Waals surface area contributed by atoms with Crippen LogP contribution in [0.25, 0.3) is 0 Å². The summed E-state index contributed by atoms with van der Waals surface area (Å²) in [6.07, 6.45) is 1.47. The number of carboxylic acids is 1. The highest BCUT2D eigenvalue weighted by Gasteiger charge is 2.04. The third-order valence-electron chi connectivity index (χ3n) is 2.14. The van der Waals surface area contributed by atoms with Crippen LogP contribution < -0.4 is 11.1 Å². The van der Waals surface area contributed by atoms with Crippen LogP contribution in [0.5, 0.6) is 0 Å². The minimum atomic E-state index is -0.960.